The molecule has 4 rings (SSSR count). The smallest absolute Gasteiger partial charge is 0.131 e. The van der Waals surface area contributed by atoms with E-state index in [1.807, 2.05) is 80.3 Å². The molecule has 32 heavy (non-hydrogen) atoms. The maximum absolute atomic E-state index is 10.3. The van der Waals surface area contributed by atoms with Crippen molar-refractivity contribution in [3.8, 4) is 28.7 Å². The molecule has 4 aromatic rings. The van der Waals surface area contributed by atoms with E-state index < -0.39 is 0 Å². The van der Waals surface area contributed by atoms with Gasteiger partial charge in [0.05, 0.1) is 0 Å². The highest BCUT2D eigenvalue weighted by molar-refractivity contribution is 5.78. The van der Waals surface area contributed by atoms with E-state index in [0.717, 1.165) is 33.8 Å². The first-order valence-electron chi connectivity index (χ1n) is 10.3. The minimum absolute atomic E-state index is 0.154. The van der Waals surface area contributed by atoms with Crippen molar-refractivity contribution >= 4 is 17.1 Å². The second-order valence-electron chi connectivity index (χ2n) is 7.88. The van der Waals surface area contributed by atoms with E-state index in [4.69, 9.17) is 4.74 Å². The minimum atomic E-state index is 0.154. The summed E-state index contributed by atoms with van der Waals surface area (Å²) in [4.78, 5) is 1.95. The number of benzene rings is 4. The standard InChI is InChI=1S/C27H25NO4/c1-17-12-23(29)16-25(13-17)32-24-10-8-20(9-11-24)28(21-6-4-18(2)26(30)14-21)22-7-5-19(3)27(31)15-22/h4-16,29-31H,1-3H3. The Bertz CT molecular complexity index is 1190. The van der Waals surface area contributed by atoms with Crippen LogP contribution in [0.4, 0.5) is 17.1 Å². The molecule has 0 heterocycles. The average Bonchev–Trinajstić information content (AvgIpc) is 2.74. The highest BCUT2D eigenvalue weighted by Gasteiger charge is 2.15. The molecule has 0 aliphatic rings. The molecule has 0 saturated carbocycles. The van der Waals surface area contributed by atoms with Crippen molar-refractivity contribution in [1.82, 2.24) is 0 Å². The molecule has 4 aromatic carbocycles. The van der Waals surface area contributed by atoms with Gasteiger partial charge in [-0.15, -0.1) is 0 Å². The Kier molecular flexibility index (Phi) is 5.65. The van der Waals surface area contributed by atoms with Crippen LogP contribution in [-0.2, 0) is 0 Å². The van der Waals surface area contributed by atoms with E-state index in [9.17, 15) is 15.3 Å². The molecule has 5 heteroatoms. The summed E-state index contributed by atoms with van der Waals surface area (Å²) in [7, 11) is 0. The van der Waals surface area contributed by atoms with Gasteiger partial charge in [-0.05, 0) is 86.0 Å². The van der Waals surface area contributed by atoms with E-state index >= 15 is 0 Å². The van der Waals surface area contributed by atoms with Gasteiger partial charge in [0.1, 0.15) is 28.7 Å². The lowest BCUT2D eigenvalue weighted by molar-refractivity contribution is 0.454. The summed E-state index contributed by atoms with van der Waals surface area (Å²) < 4.78 is 5.90. The zero-order chi connectivity index (χ0) is 22.8. The molecular weight excluding hydrogens is 402 g/mol. The van der Waals surface area contributed by atoms with Gasteiger partial charge in [-0.2, -0.15) is 0 Å². The van der Waals surface area contributed by atoms with Gasteiger partial charge in [-0.1, -0.05) is 12.1 Å². The van der Waals surface area contributed by atoms with Crippen LogP contribution in [0.5, 0.6) is 28.7 Å². The number of ether oxygens (including phenoxy) is 1. The Hall–Kier alpha value is -4.12. The second-order valence-corrected chi connectivity index (χ2v) is 7.88. The number of aromatic hydroxyl groups is 3. The number of phenols is 3. The molecule has 0 aromatic heterocycles. The number of phenolic OH excluding ortho intramolecular Hbond substituents is 3. The SMILES string of the molecule is Cc1cc(O)cc(Oc2ccc(N(c3ccc(C)c(O)c3)c3ccc(C)c(O)c3)cc2)c1. The van der Waals surface area contributed by atoms with Crippen molar-refractivity contribution < 1.29 is 20.1 Å². The van der Waals surface area contributed by atoms with Crippen molar-refractivity contribution in [3.05, 3.63) is 95.6 Å². The monoisotopic (exact) mass is 427 g/mol. The molecule has 0 saturated heterocycles. The predicted octanol–water partition coefficient (Wildman–Crippen LogP) is 6.99. The molecule has 0 unspecified atom stereocenters. The Labute approximate surface area is 187 Å². The van der Waals surface area contributed by atoms with Crippen molar-refractivity contribution in [1.29, 1.82) is 0 Å². The molecule has 0 aliphatic carbocycles. The second kappa shape index (κ2) is 8.55. The number of hydrogen-bond acceptors (Lipinski definition) is 5. The lowest BCUT2D eigenvalue weighted by Gasteiger charge is -2.26. The Morgan fingerprint density at radius 1 is 0.562 bits per heavy atom. The van der Waals surface area contributed by atoms with Crippen molar-refractivity contribution in [2.24, 2.45) is 0 Å². The molecule has 5 nitrogen and oxygen atoms in total. The first-order chi connectivity index (χ1) is 15.3. The highest BCUT2D eigenvalue weighted by Crippen LogP contribution is 2.39. The summed E-state index contributed by atoms with van der Waals surface area (Å²) in [6.07, 6.45) is 0. The van der Waals surface area contributed by atoms with Crippen LogP contribution >= 0.6 is 0 Å². The summed E-state index contributed by atoms with van der Waals surface area (Å²) in [6, 6.07) is 23.5. The Morgan fingerprint density at radius 2 is 1.09 bits per heavy atom. The van der Waals surface area contributed by atoms with Gasteiger partial charge in [-0.25, -0.2) is 0 Å². The molecule has 0 radical (unpaired) electrons. The lowest BCUT2D eigenvalue weighted by atomic mass is 10.1. The minimum Gasteiger partial charge on any atom is -0.508 e. The molecule has 0 amide bonds. The van der Waals surface area contributed by atoms with Gasteiger partial charge in [0.2, 0.25) is 0 Å². The summed E-state index contributed by atoms with van der Waals surface area (Å²) in [6.45, 7) is 5.58. The number of rotatable bonds is 5. The molecule has 3 N–H and O–H groups in total. The fourth-order valence-corrected chi connectivity index (χ4v) is 3.51. The molecule has 0 atom stereocenters. The van der Waals surface area contributed by atoms with Crippen LogP contribution in [0.3, 0.4) is 0 Å². The third-order valence-electron chi connectivity index (χ3n) is 5.27. The molecule has 0 bridgehead atoms. The van der Waals surface area contributed by atoms with Gasteiger partial charge < -0.3 is 25.0 Å². The normalized spacial score (nSPS) is 10.7. The summed E-state index contributed by atoms with van der Waals surface area (Å²) in [5.41, 5.74) is 4.82. The molecule has 0 fully saturated rings. The fraction of sp³-hybridized carbons (Fsp3) is 0.111. The van der Waals surface area contributed by atoms with Crippen LogP contribution in [0.15, 0.2) is 78.9 Å². The van der Waals surface area contributed by atoms with Gasteiger partial charge in [0.15, 0.2) is 0 Å². The topological polar surface area (TPSA) is 73.2 Å². The molecule has 162 valence electrons. The summed E-state index contributed by atoms with van der Waals surface area (Å²) >= 11 is 0. The van der Waals surface area contributed by atoms with Crippen molar-refractivity contribution in [3.63, 3.8) is 0 Å². The first-order valence-corrected chi connectivity index (χ1v) is 10.3. The first kappa shape index (κ1) is 21.1. The van der Waals surface area contributed by atoms with Gasteiger partial charge in [0.25, 0.3) is 0 Å². The van der Waals surface area contributed by atoms with Crippen molar-refractivity contribution in [2.75, 3.05) is 4.90 Å². The van der Waals surface area contributed by atoms with Crippen LogP contribution in [0, 0.1) is 20.8 Å². The van der Waals surface area contributed by atoms with Gasteiger partial charge in [-0.3, -0.25) is 0 Å². The van der Waals surface area contributed by atoms with Crippen molar-refractivity contribution in [2.45, 2.75) is 20.8 Å². The van der Waals surface area contributed by atoms with E-state index in [1.54, 1.807) is 24.3 Å². The maximum Gasteiger partial charge on any atom is 0.131 e. The van der Waals surface area contributed by atoms with Gasteiger partial charge in [0, 0.05) is 35.3 Å². The molecule has 0 aliphatic heterocycles. The average molecular weight is 428 g/mol. The highest BCUT2D eigenvalue weighted by atomic mass is 16.5. The van der Waals surface area contributed by atoms with E-state index in [0.29, 0.717) is 11.5 Å². The Balaban J connectivity index is 1.72. The van der Waals surface area contributed by atoms with E-state index in [2.05, 4.69) is 0 Å². The third-order valence-corrected chi connectivity index (χ3v) is 5.27. The maximum atomic E-state index is 10.3. The summed E-state index contributed by atoms with van der Waals surface area (Å²) in [5, 5.41) is 30.4. The summed E-state index contributed by atoms with van der Waals surface area (Å²) in [5.74, 6) is 1.73. The van der Waals surface area contributed by atoms with Crippen LogP contribution in [0.1, 0.15) is 16.7 Å². The third kappa shape index (κ3) is 4.47. The van der Waals surface area contributed by atoms with Crippen LogP contribution in [0.2, 0.25) is 0 Å². The number of hydrogen-bond donors (Lipinski definition) is 3. The zero-order valence-corrected chi connectivity index (χ0v) is 18.2. The molecular formula is C27H25NO4. The number of anilines is 3. The predicted molar refractivity (Wildman–Crippen MR) is 127 cm³/mol. The van der Waals surface area contributed by atoms with Crippen LogP contribution in [0.25, 0.3) is 0 Å². The Morgan fingerprint density at radius 3 is 1.59 bits per heavy atom. The quantitative estimate of drug-likeness (QED) is 0.320. The van der Waals surface area contributed by atoms with Gasteiger partial charge >= 0.3 is 0 Å². The largest absolute Gasteiger partial charge is 0.508 e. The lowest BCUT2D eigenvalue weighted by Crippen LogP contribution is -2.10. The number of aryl methyl sites for hydroxylation is 3. The number of nitrogens with zero attached hydrogens (tertiary/aromatic N) is 1. The fourth-order valence-electron chi connectivity index (χ4n) is 3.51. The van der Waals surface area contributed by atoms with E-state index in [1.165, 1.54) is 0 Å². The zero-order valence-electron chi connectivity index (χ0n) is 18.2. The van der Waals surface area contributed by atoms with Crippen LogP contribution < -0.4 is 9.64 Å². The van der Waals surface area contributed by atoms with Crippen LogP contribution in [-0.4, -0.2) is 15.3 Å². The van der Waals surface area contributed by atoms with E-state index in [-0.39, 0.29) is 17.2 Å². The molecule has 0 spiro atoms.